The molecular weight excluding hydrogens is 391 g/mol. The summed E-state index contributed by atoms with van der Waals surface area (Å²) in [6.07, 6.45) is 7.00. The predicted molar refractivity (Wildman–Crippen MR) is 119 cm³/mol. The molecule has 2 aliphatic rings. The molecule has 0 radical (unpaired) electrons. The zero-order valence-electron chi connectivity index (χ0n) is 15.8. The molecule has 4 rings (SSSR count). The van der Waals surface area contributed by atoms with Gasteiger partial charge in [-0.25, -0.2) is 0 Å². The number of allylic oxidation sites excluding steroid dienone is 8. The molecule has 0 bridgehead atoms. The van der Waals surface area contributed by atoms with Crippen molar-refractivity contribution in [3.8, 4) is 12.1 Å². The van der Waals surface area contributed by atoms with Crippen LogP contribution in [0.1, 0.15) is 0 Å². The maximum atomic E-state index is 12.4. The molecule has 4 nitrogen and oxygen atoms in total. The molecule has 0 saturated carbocycles. The van der Waals surface area contributed by atoms with Crippen LogP contribution in [0, 0.1) is 22.7 Å². The van der Waals surface area contributed by atoms with Gasteiger partial charge in [-0.05, 0) is 46.6 Å². The number of ketones is 2. The minimum Gasteiger partial charge on any atom is -0.290 e. The lowest BCUT2D eigenvalue weighted by atomic mass is 9.95. The molecule has 0 unspecified atom stereocenters. The fourth-order valence-electron chi connectivity index (χ4n) is 3.77. The average Bonchev–Trinajstić information content (AvgIpc) is 2.80. The van der Waals surface area contributed by atoms with Gasteiger partial charge in [-0.15, -0.1) is 0 Å². The predicted octanol–water partition coefficient (Wildman–Crippen LogP) is 3.33. The van der Waals surface area contributed by atoms with E-state index in [1.54, 1.807) is 12.2 Å². The number of rotatable bonds is 3. The fraction of sp³-hybridized carbons (Fsp3) is 0. The molecule has 0 atom stereocenters. The normalized spacial score (nSPS) is 17.4. The zero-order chi connectivity index (χ0) is 21.1. The average molecular weight is 406 g/mol. The Kier molecular flexibility index (Phi) is 5.03. The topological polar surface area (TPSA) is 81.7 Å². The summed E-state index contributed by atoms with van der Waals surface area (Å²) in [6.45, 7) is -2.70. The Bertz CT molecular complexity index is 1290. The second-order valence-electron chi connectivity index (χ2n) is 6.74. The summed E-state index contributed by atoms with van der Waals surface area (Å²) in [5.41, 5.74) is 0.607. The van der Waals surface area contributed by atoms with Crippen molar-refractivity contribution in [2.45, 2.75) is 0 Å². The monoisotopic (exact) mass is 406 g/mol. The molecule has 1 aliphatic carbocycles. The van der Waals surface area contributed by atoms with E-state index in [0.717, 1.165) is 10.6 Å². The van der Waals surface area contributed by atoms with Gasteiger partial charge in [0.15, 0.2) is 11.6 Å². The molecule has 0 N–H and O–H groups in total. The second kappa shape index (κ2) is 7.80. The van der Waals surface area contributed by atoms with E-state index in [9.17, 15) is 20.1 Å². The fourth-order valence-corrected chi connectivity index (χ4v) is 7.65. The first-order valence-corrected chi connectivity index (χ1v) is 11.0. The van der Waals surface area contributed by atoms with Gasteiger partial charge in [0.25, 0.3) is 0 Å². The van der Waals surface area contributed by atoms with E-state index < -0.39 is 6.89 Å². The van der Waals surface area contributed by atoms with Gasteiger partial charge in [-0.2, -0.15) is 10.5 Å². The number of hydrogen-bond donors (Lipinski definition) is 0. The highest BCUT2D eigenvalue weighted by molar-refractivity contribution is 7.93. The van der Waals surface area contributed by atoms with Gasteiger partial charge in [0.1, 0.15) is 12.1 Å². The highest BCUT2D eigenvalue weighted by Gasteiger charge is 2.35. The Balaban J connectivity index is 2.12. The van der Waals surface area contributed by atoms with Crippen LogP contribution in [0.4, 0.5) is 0 Å². The highest BCUT2D eigenvalue weighted by atomic mass is 31.2. The van der Waals surface area contributed by atoms with Crippen LogP contribution in [0.2, 0.25) is 0 Å². The largest absolute Gasteiger partial charge is 0.290 e. The van der Waals surface area contributed by atoms with Gasteiger partial charge < -0.3 is 0 Å². The van der Waals surface area contributed by atoms with E-state index in [0.29, 0.717) is 16.2 Å². The summed E-state index contributed by atoms with van der Waals surface area (Å²) in [5.74, 6) is -0.620. The lowest BCUT2D eigenvalue weighted by Gasteiger charge is -2.31. The molecule has 0 saturated heterocycles. The van der Waals surface area contributed by atoms with Crippen LogP contribution in [0.25, 0.3) is 0 Å². The highest BCUT2D eigenvalue weighted by Crippen LogP contribution is 2.57. The molecule has 0 aromatic heterocycles. The van der Waals surface area contributed by atoms with Crippen molar-refractivity contribution in [1.29, 1.82) is 10.5 Å². The zero-order valence-corrected chi connectivity index (χ0v) is 16.7. The third-order valence-electron chi connectivity index (χ3n) is 5.09. The number of nitrogens with zero attached hydrogens (tertiary/aromatic N) is 2. The molecule has 2 aromatic carbocycles. The lowest BCUT2D eigenvalue weighted by molar-refractivity contribution is -0.114. The third-order valence-corrected chi connectivity index (χ3v) is 9.13. The summed E-state index contributed by atoms with van der Waals surface area (Å²) in [5, 5.41) is 23.0. The van der Waals surface area contributed by atoms with E-state index in [1.807, 2.05) is 60.7 Å². The van der Waals surface area contributed by atoms with E-state index in [2.05, 4.69) is 12.1 Å². The molecule has 2 aromatic rings. The first kappa shape index (κ1) is 19.3. The molecular formula is C25H15N2O2P. The summed E-state index contributed by atoms with van der Waals surface area (Å²) in [7, 11) is 0. The van der Waals surface area contributed by atoms with E-state index in [1.165, 1.54) is 18.2 Å². The summed E-state index contributed by atoms with van der Waals surface area (Å²) >= 11 is 0. The van der Waals surface area contributed by atoms with Gasteiger partial charge in [0.2, 0.25) is 0 Å². The van der Waals surface area contributed by atoms with Crippen molar-refractivity contribution in [2.75, 3.05) is 0 Å². The number of carbonyl (C=O) groups is 2. The Hall–Kier alpha value is -3.98. The van der Waals surface area contributed by atoms with Gasteiger partial charge in [0, 0.05) is 12.5 Å². The van der Waals surface area contributed by atoms with Crippen molar-refractivity contribution >= 4 is 34.4 Å². The van der Waals surface area contributed by atoms with Crippen LogP contribution in [0.5, 0.6) is 0 Å². The first-order valence-electron chi connectivity index (χ1n) is 9.21. The van der Waals surface area contributed by atoms with E-state index in [4.69, 9.17) is 0 Å². The van der Waals surface area contributed by atoms with Crippen LogP contribution < -0.4 is 10.6 Å². The quantitative estimate of drug-likeness (QED) is 0.578. The number of hydrogen-bond acceptors (Lipinski definition) is 4. The smallest absolute Gasteiger partial charge is 0.186 e. The number of carbonyl (C=O) groups excluding carboxylic acids is 2. The molecule has 0 amide bonds. The minimum absolute atomic E-state index is 0.196. The Morgan fingerprint density at radius 3 is 1.83 bits per heavy atom. The number of benzene rings is 2. The molecule has 0 fully saturated rings. The van der Waals surface area contributed by atoms with Crippen molar-refractivity contribution < 1.29 is 9.59 Å². The standard InChI is InChI=1S/C25H15N2O2P/c26-16-22-13-18(24-15-19(28)11-12-25(24)29)14-23(17-27)30(22,20-7-3-1-4-8-20)21-9-5-2-6-10-21/h1-15H. The summed E-state index contributed by atoms with van der Waals surface area (Å²) in [6, 6.07) is 23.7. The third kappa shape index (κ3) is 3.01. The number of nitriles is 2. The molecule has 0 spiro atoms. The maximum Gasteiger partial charge on any atom is 0.186 e. The van der Waals surface area contributed by atoms with Crippen molar-refractivity contribution in [1.82, 2.24) is 0 Å². The molecule has 1 heterocycles. The van der Waals surface area contributed by atoms with Crippen LogP contribution in [-0.2, 0) is 9.59 Å². The lowest BCUT2D eigenvalue weighted by Crippen LogP contribution is -2.25. The maximum absolute atomic E-state index is 12.4. The van der Waals surface area contributed by atoms with Crippen LogP contribution in [0.15, 0.2) is 108 Å². The molecule has 30 heavy (non-hydrogen) atoms. The van der Waals surface area contributed by atoms with Crippen LogP contribution >= 0.6 is 6.89 Å². The van der Waals surface area contributed by atoms with Gasteiger partial charge in [-0.3, -0.25) is 9.59 Å². The molecule has 1 aliphatic heterocycles. The van der Waals surface area contributed by atoms with E-state index >= 15 is 0 Å². The second-order valence-corrected chi connectivity index (χ2v) is 10.1. The van der Waals surface area contributed by atoms with Crippen molar-refractivity contribution in [3.05, 3.63) is 108 Å². The summed E-state index contributed by atoms with van der Waals surface area (Å²) in [4.78, 5) is 24.2. The van der Waals surface area contributed by atoms with Gasteiger partial charge in [-0.1, -0.05) is 60.7 Å². The Morgan fingerprint density at radius 1 is 0.700 bits per heavy atom. The van der Waals surface area contributed by atoms with Crippen LogP contribution in [-0.4, -0.2) is 16.9 Å². The minimum atomic E-state index is -2.70. The Labute approximate surface area is 174 Å². The SMILES string of the molecule is N#CC1=CC(C2=CC(=O)C=CC2=O)=CC(C#N)=P1(c1ccccc1)c1ccccc1. The van der Waals surface area contributed by atoms with E-state index in [-0.39, 0.29) is 17.1 Å². The Morgan fingerprint density at radius 2 is 1.30 bits per heavy atom. The van der Waals surface area contributed by atoms with Gasteiger partial charge >= 0.3 is 0 Å². The first-order chi connectivity index (χ1) is 14.6. The van der Waals surface area contributed by atoms with Crippen molar-refractivity contribution in [3.63, 3.8) is 0 Å². The van der Waals surface area contributed by atoms with Crippen LogP contribution in [0.3, 0.4) is 0 Å². The van der Waals surface area contributed by atoms with Crippen molar-refractivity contribution in [2.24, 2.45) is 0 Å². The molecule has 5 heteroatoms. The summed E-state index contributed by atoms with van der Waals surface area (Å²) < 4.78 is 0. The van der Waals surface area contributed by atoms with Gasteiger partial charge in [0.05, 0.1) is 10.6 Å². The molecule has 142 valence electrons.